The number of nitrogens with one attached hydrogen (secondary N) is 1. The van der Waals surface area contributed by atoms with Crippen molar-refractivity contribution in [2.24, 2.45) is 0 Å². The average Bonchev–Trinajstić information content (AvgIpc) is 3.06. The van der Waals surface area contributed by atoms with Gasteiger partial charge in [-0.05, 0) is 49.1 Å². The second-order valence-corrected chi connectivity index (χ2v) is 7.75. The van der Waals surface area contributed by atoms with Gasteiger partial charge in [0.1, 0.15) is 5.25 Å². The minimum atomic E-state index is -0.370. The van der Waals surface area contributed by atoms with Crippen LogP contribution in [-0.2, 0) is 11.3 Å². The summed E-state index contributed by atoms with van der Waals surface area (Å²) in [5.41, 5.74) is 4.06. The lowest BCUT2D eigenvalue weighted by atomic mass is 10.1. The van der Waals surface area contributed by atoms with E-state index in [0.29, 0.717) is 0 Å². The zero-order valence-electron chi connectivity index (χ0n) is 16.0. The third-order valence-corrected chi connectivity index (χ3v) is 5.47. The molecule has 3 aromatic rings. The number of aromatic nitrogens is 2. The number of amides is 1. The first kappa shape index (κ1) is 19.2. The molecule has 3 rings (SSSR count). The molecule has 0 aliphatic heterocycles. The van der Waals surface area contributed by atoms with E-state index in [0.717, 1.165) is 40.5 Å². The molecule has 0 spiro atoms. The lowest BCUT2D eigenvalue weighted by Gasteiger charge is -2.18. The first-order valence-electron chi connectivity index (χ1n) is 9.18. The van der Waals surface area contributed by atoms with E-state index in [2.05, 4.69) is 27.9 Å². The largest absolute Gasteiger partial charge is 0.326 e. The summed E-state index contributed by atoms with van der Waals surface area (Å²) in [4.78, 5) is 17.6. The number of anilines is 1. The Labute approximate surface area is 165 Å². The molecule has 1 atom stereocenters. The Balaban J connectivity index is 1.87. The fourth-order valence-corrected chi connectivity index (χ4v) is 4.16. The van der Waals surface area contributed by atoms with Gasteiger partial charge in [0.15, 0.2) is 5.16 Å². The van der Waals surface area contributed by atoms with E-state index in [1.165, 1.54) is 11.8 Å². The number of rotatable bonds is 7. The van der Waals surface area contributed by atoms with Crippen molar-refractivity contribution < 1.29 is 4.79 Å². The summed E-state index contributed by atoms with van der Waals surface area (Å²) in [6.45, 7) is 7.10. The second kappa shape index (κ2) is 8.91. The van der Waals surface area contributed by atoms with Crippen molar-refractivity contribution in [1.82, 2.24) is 9.55 Å². The summed E-state index contributed by atoms with van der Waals surface area (Å²) in [6, 6.07) is 16.0. The zero-order valence-corrected chi connectivity index (χ0v) is 16.8. The molecule has 5 heteroatoms. The number of benzene rings is 2. The molecule has 140 valence electrons. The lowest BCUT2D eigenvalue weighted by molar-refractivity contribution is -0.115. The molecule has 1 unspecified atom stereocenters. The highest BCUT2D eigenvalue weighted by atomic mass is 32.2. The van der Waals surface area contributed by atoms with Gasteiger partial charge >= 0.3 is 0 Å². The molecule has 1 aromatic heterocycles. The Morgan fingerprint density at radius 2 is 1.85 bits per heavy atom. The molecule has 4 nitrogen and oxygen atoms in total. The van der Waals surface area contributed by atoms with Gasteiger partial charge in [0.2, 0.25) is 5.91 Å². The fraction of sp³-hybridized carbons (Fsp3) is 0.273. The van der Waals surface area contributed by atoms with Crippen molar-refractivity contribution in [3.8, 4) is 0 Å². The highest BCUT2D eigenvalue weighted by Crippen LogP contribution is 2.35. The van der Waals surface area contributed by atoms with Crippen LogP contribution in [0.4, 0.5) is 5.69 Å². The Morgan fingerprint density at radius 3 is 2.52 bits per heavy atom. The Morgan fingerprint density at radius 1 is 1.15 bits per heavy atom. The molecular formula is C22H25N3OS. The maximum absolute atomic E-state index is 13.2. The van der Waals surface area contributed by atoms with E-state index in [4.69, 9.17) is 0 Å². The summed E-state index contributed by atoms with van der Waals surface area (Å²) in [6.07, 6.45) is 4.78. The van der Waals surface area contributed by atoms with E-state index in [1.54, 1.807) is 6.20 Å². The van der Waals surface area contributed by atoms with E-state index >= 15 is 0 Å². The van der Waals surface area contributed by atoms with Crippen molar-refractivity contribution in [1.29, 1.82) is 0 Å². The summed E-state index contributed by atoms with van der Waals surface area (Å²) < 4.78 is 2.10. The van der Waals surface area contributed by atoms with Crippen LogP contribution in [0.3, 0.4) is 0 Å². The van der Waals surface area contributed by atoms with E-state index < -0.39 is 0 Å². The third kappa shape index (κ3) is 5.01. The summed E-state index contributed by atoms with van der Waals surface area (Å²) in [7, 11) is 0. The molecule has 1 heterocycles. The number of carbonyl (C=O) groups excluding carboxylic acids is 1. The number of imidazole rings is 1. The minimum Gasteiger partial charge on any atom is -0.326 e. The van der Waals surface area contributed by atoms with Crippen molar-refractivity contribution in [2.75, 3.05) is 5.32 Å². The normalized spacial score (nSPS) is 12.0. The van der Waals surface area contributed by atoms with E-state index in [-0.39, 0.29) is 11.2 Å². The molecule has 0 saturated carbocycles. The Kier molecular flexibility index (Phi) is 6.35. The smallest absolute Gasteiger partial charge is 0.242 e. The lowest BCUT2D eigenvalue weighted by Crippen LogP contribution is -2.19. The van der Waals surface area contributed by atoms with Crippen molar-refractivity contribution in [2.45, 2.75) is 44.1 Å². The van der Waals surface area contributed by atoms with Crippen LogP contribution in [0.1, 0.15) is 35.3 Å². The summed E-state index contributed by atoms with van der Waals surface area (Å²) in [5.74, 6) is -0.0396. The Hall–Kier alpha value is -2.53. The molecule has 2 aromatic carbocycles. The molecule has 0 fully saturated rings. The van der Waals surface area contributed by atoms with Gasteiger partial charge in [-0.15, -0.1) is 0 Å². The molecule has 0 radical (unpaired) electrons. The van der Waals surface area contributed by atoms with Crippen LogP contribution < -0.4 is 5.32 Å². The van der Waals surface area contributed by atoms with Crippen molar-refractivity contribution >= 4 is 23.4 Å². The molecule has 0 saturated heterocycles. The number of carbonyl (C=O) groups is 1. The number of nitrogens with zero attached hydrogens (tertiary/aromatic N) is 2. The summed E-state index contributed by atoms with van der Waals surface area (Å²) >= 11 is 1.49. The molecule has 0 aliphatic carbocycles. The first-order chi connectivity index (χ1) is 13.1. The van der Waals surface area contributed by atoms with Gasteiger partial charge in [-0.1, -0.05) is 55.1 Å². The molecule has 1 amide bonds. The SMILES string of the molecule is CCCn1ccnc1SC(C(=O)Nc1cc(C)cc(C)c1)c1ccccc1. The van der Waals surface area contributed by atoms with Crippen molar-refractivity contribution in [3.05, 3.63) is 77.6 Å². The van der Waals surface area contributed by atoms with Crippen LogP contribution >= 0.6 is 11.8 Å². The number of hydrogen-bond acceptors (Lipinski definition) is 3. The zero-order chi connectivity index (χ0) is 19.2. The van der Waals surface area contributed by atoms with Gasteiger partial charge < -0.3 is 9.88 Å². The number of hydrogen-bond donors (Lipinski definition) is 1. The monoisotopic (exact) mass is 379 g/mol. The van der Waals surface area contributed by atoms with Crippen LogP contribution in [-0.4, -0.2) is 15.5 Å². The van der Waals surface area contributed by atoms with Gasteiger partial charge in [0, 0.05) is 24.6 Å². The maximum Gasteiger partial charge on any atom is 0.242 e. The molecule has 1 N–H and O–H groups in total. The van der Waals surface area contributed by atoms with Crippen LogP contribution in [0.15, 0.2) is 66.1 Å². The van der Waals surface area contributed by atoms with Crippen LogP contribution in [0.25, 0.3) is 0 Å². The third-order valence-electron chi connectivity index (χ3n) is 4.19. The fourth-order valence-electron chi connectivity index (χ4n) is 3.09. The van der Waals surface area contributed by atoms with Crippen LogP contribution in [0.5, 0.6) is 0 Å². The molecular weight excluding hydrogens is 354 g/mol. The maximum atomic E-state index is 13.2. The average molecular weight is 380 g/mol. The highest BCUT2D eigenvalue weighted by molar-refractivity contribution is 8.00. The predicted molar refractivity (Wildman–Crippen MR) is 112 cm³/mol. The van der Waals surface area contributed by atoms with Gasteiger partial charge in [-0.25, -0.2) is 4.98 Å². The van der Waals surface area contributed by atoms with E-state index in [9.17, 15) is 4.79 Å². The second-order valence-electron chi connectivity index (χ2n) is 6.68. The van der Waals surface area contributed by atoms with Crippen molar-refractivity contribution in [3.63, 3.8) is 0 Å². The van der Waals surface area contributed by atoms with Gasteiger partial charge in [-0.3, -0.25) is 4.79 Å². The molecule has 0 aliphatic rings. The summed E-state index contributed by atoms with van der Waals surface area (Å²) in [5, 5.41) is 3.58. The number of thioether (sulfide) groups is 1. The van der Waals surface area contributed by atoms with Crippen LogP contribution in [0.2, 0.25) is 0 Å². The van der Waals surface area contributed by atoms with Crippen LogP contribution in [0, 0.1) is 13.8 Å². The molecule has 0 bridgehead atoms. The topological polar surface area (TPSA) is 46.9 Å². The Bertz CT molecular complexity index is 885. The quantitative estimate of drug-likeness (QED) is 0.561. The predicted octanol–water partition coefficient (Wildman–Crippen LogP) is 5.38. The molecule has 27 heavy (non-hydrogen) atoms. The first-order valence-corrected chi connectivity index (χ1v) is 10.1. The standard InChI is InChI=1S/C22H25N3OS/c1-4-11-25-12-10-23-22(25)27-20(18-8-6-5-7-9-18)21(26)24-19-14-16(2)13-17(3)15-19/h5-10,12-15,20H,4,11H2,1-3H3,(H,24,26). The highest BCUT2D eigenvalue weighted by Gasteiger charge is 2.24. The van der Waals surface area contributed by atoms with E-state index in [1.807, 2.05) is 62.5 Å². The van der Waals surface area contributed by atoms with Gasteiger partial charge in [0.25, 0.3) is 0 Å². The van der Waals surface area contributed by atoms with Gasteiger partial charge in [0.05, 0.1) is 0 Å². The minimum absolute atomic E-state index is 0.0396. The number of aryl methyl sites for hydroxylation is 3. The van der Waals surface area contributed by atoms with Gasteiger partial charge in [-0.2, -0.15) is 0 Å².